The van der Waals surface area contributed by atoms with Crippen molar-refractivity contribution in [1.29, 1.82) is 0 Å². The highest BCUT2D eigenvalue weighted by molar-refractivity contribution is 5.95. The number of fused-ring (bicyclic) bond motifs is 1. The molecule has 1 aliphatic rings. The van der Waals surface area contributed by atoms with Crippen LogP contribution in [0.1, 0.15) is 18.5 Å². The topological polar surface area (TPSA) is 68.2 Å². The minimum absolute atomic E-state index is 0.108. The van der Waals surface area contributed by atoms with Gasteiger partial charge in [-0.3, -0.25) is 14.8 Å². The summed E-state index contributed by atoms with van der Waals surface area (Å²) in [6.45, 7) is 3.95. The molecule has 1 aliphatic heterocycles. The van der Waals surface area contributed by atoms with Gasteiger partial charge in [0, 0.05) is 24.8 Å². The predicted molar refractivity (Wildman–Crippen MR) is 79.2 cm³/mol. The van der Waals surface area contributed by atoms with Crippen LogP contribution in [0, 0.1) is 0 Å². The number of benzene rings is 1. The Hall–Kier alpha value is -2.34. The Morgan fingerprint density at radius 2 is 2.38 bits per heavy atom. The molecule has 1 atom stereocenters. The van der Waals surface area contributed by atoms with Gasteiger partial charge in [-0.2, -0.15) is 5.10 Å². The average molecular weight is 286 g/mol. The van der Waals surface area contributed by atoms with E-state index in [0.717, 1.165) is 17.9 Å². The molecule has 0 aliphatic carbocycles. The van der Waals surface area contributed by atoms with Gasteiger partial charge in [-0.15, -0.1) is 0 Å². The van der Waals surface area contributed by atoms with Gasteiger partial charge in [-0.25, -0.2) is 0 Å². The number of aryl methyl sites for hydroxylation is 1. The first-order valence-electron chi connectivity index (χ1n) is 7.06. The van der Waals surface area contributed by atoms with E-state index in [0.29, 0.717) is 18.8 Å². The van der Waals surface area contributed by atoms with Crippen molar-refractivity contribution in [3.05, 3.63) is 42.2 Å². The lowest BCUT2D eigenvalue weighted by molar-refractivity contribution is -0.118. The summed E-state index contributed by atoms with van der Waals surface area (Å²) >= 11 is 0. The van der Waals surface area contributed by atoms with Crippen molar-refractivity contribution in [2.24, 2.45) is 0 Å². The molecular weight excluding hydrogens is 268 g/mol. The van der Waals surface area contributed by atoms with E-state index in [-0.39, 0.29) is 5.91 Å². The predicted octanol–water partition coefficient (Wildman–Crippen LogP) is 1.56. The van der Waals surface area contributed by atoms with E-state index in [1.165, 1.54) is 0 Å². The van der Waals surface area contributed by atoms with Crippen molar-refractivity contribution in [3.63, 3.8) is 0 Å². The summed E-state index contributed by atoms with van der Waals surface area (Å²) in [5.41, 5.74) is 1.56. The van der Waals surface area contributed by atoms with Crippen molar-refractivity contribution in [2.75, 3.05) is 18.5 Å². The second-order valence-electron chi connectivity index (χ2n) is 4.85. The molecule has 3 rings (SSSR count). The molecule has 6 nitrogen and oxygen atoms in total. The molecule has 2 N–H and O–H groups in total. The van der Waals surface area contributed by atoms with Crippen LogP contribution in [0.3, 0.4) is 0 Å². The van der Waals surface area contributed by atoms with E-state index >= 15 is 0 Å². The van der Waals surface area contributed by atoms with E-state index in [9.17, 15) is 4.79 Å². The molecule has 0 fully saturated rings. The molecule has 0 radical (unpaired) electrons. The molecule has 21 heavy (non-hydrogen) atoms. The van der Waals surface area contributed by atoms with Gasteiger partial charge in [0.2, 0.25) is 5.91 Å². The number of amides is 1. The molecule has 0 saturated heterocycles. The molecule has 0 bridgehead atoms. The van der Waals surface area contributed by atoms with Gasteiger partial charge in [0.1, 0.15) is 18.4 Å². The molecule has 6 heteroatoms. The first kappa shape index (κ1) is 13.6. The molecule has 110 valence electrons. The van der Waals surface area contributed by atoms with Crippen LogP contribution in [0.2, 0.25) is 0 Å². The van der Waals surface area contributed by atoms with Crippen LogP contribution < -0.4 is 15.4 Å². The third-order valence-electron chi connectivity index (χ3n) is 3.43. The lowest BCUT2D eigenvalue weighted by Crippen LogP contribution is -2.33. The van der Waals surface area contributed by atoms with E-state index < -0.39 is 6.04 Å². The maximum Gasteiger partial charge on any atom is 0.246 e. The number of para-hydroxylation sites is 1. The zero-order chi connectivity index (χ0) is 14.7. The number of anilines is 1. The van der Waals surface area contributed by atoms with Crippen molar-refractivity contribution in [3.8, 4) is 5.75 Å². The van der Waals surface area contributed by atoms with Crippen LogP contribution >= 0.6 is 0 Å². The number of aromatic nitrogens is 2. The second kappa shape index (κ2) is 5.97. The van der Waals surface area contributed by atoms with Crippen LogP contribution in [0.25, 0.3) is 0 Å². The largest absolute Gasteiger partial charge is 0.492 e. The SMILES string of the molecule is CCn1cc(NC(=O)C2NCCOc3ccccc32)cn1. The smallest absolute Gasteiger partial charge is 0.246 e. The number of carbonyl (C=O) groups excluding carboxylic acids is 1. The van der Waals surface area contributed by atoms with E-state index in [2.05, 4.69) is 15.7 Å². The quantitative estimate of drug-likeness (QED) is 0.898. The lowest BCUT2D eigenvalue weighted by atomic mass is 10.1. The molecule has 1 aromatic carbocycles. The van der Waals surface area contributed by atoms with Crippen LogP contribution in [0.4, 0.5) is 5.69 Å². The molecular formula is C15H18N4O2. The van der Waals surface area contributed by atoms with Crippen molar-refractivity contribution < 1.29 is 9.53 Å². The van der Waals surface area contributed by atoms with Gasteiger partial charge in [-0.05, 0) is 13.0 Å². The molecule has 1 amide bonds. The van der Waals surface area contributed by atoms with E-state index in [1.807, 2.05) is 37.4 Å². The molecule has 0 spiro atoms. The number of hydrogen-bond donors (Lipinski definition) is 2. The Labute approximate surface area is 123 Å². The minimum atomic E-state index is -0.423. The fourth-order valence-electron chi connectivity index (χ4n) is 2.37. The Morgan fingerprint density at radius 1 is 1.52 bits per heavy atom. The normalized spacial score (nSPS) is 17.5. The summed E-state index contributed by atoms with van der Waals surface area (Å²) in [5.74, 6) is 0.649. The molecule has 0 saturated carbocycles. The number of nitrogens with one attached hydrogen (secondary N) is 2. The van der Waals surface area contributed by atoms with Crippen molar-refractivity contribution in [1.82, 2.24) is 15.1 Å². The van der Waals surface area contributed by atoms with Crippen LogP contribution in [-0.2, 0) is 11.3 Å². The maximum absolute atomic E-state index is 12.5. The number of ether oxygens (including phenoxy) is 1. The summed E-state index contributed by atoms with van der Waals surface area (Å²) in [6, 6.07) is 7.19. The minimum Gasteiger partial charge on any atom is -0.492 e. The van der Waals surface area contributed by atoms with Crippen LogP contribution in [-0.4, -0.2) is 28.8 Å². The number of rotatable bonds is 3. The van der Waals surface area contributed by atoms with Gasteiger partial charge in [0.25, 0.3) is 0 Å². The van der Waals surface area contributed by atoms with E-state index in [1.54, 1.807) is 10.9 Å². The second-order valence-corrected chi connectivity index (χ2v) is 4.85. The number of nitrogens with zero attached hydrogens (tertiary/aromatic N) is 2. The van der Waals surface area contributed by atoms with Gasteiger partial charge < -0.3 is 10.1 Å². The summed E-state index contributed by atoms with van der Waals surface area (Å²) in [5, 5.41) is 10.3. The molecule has 1 unspecified atom stereocenters. The fourth-order valence-corrected chi connectivity index (χ4v) is 2.37. The first-order chi connectivity index (χ1) is 10.3. The highest BCUT2D eigenvalue weighted by Crippen LogP contribution is 2.27. The Balaban J connectivity index is 1.80. The Bertz CT molecular complexity index is 638. The molecule has 2 aromatic rings. The summed E-state index contributed by atoms with van der Waals surface area (Å²) < 4.78 is 7.41. The monoisotopic (exact) mass is 286 g/mol. The van der Waals surface area contributed by atoms with Gasteiger partial charge in [0.05, 0.1) is 11.9 Å². The van der Waals surface area contributed by atoms with Gasteiger partial charge in [0.15, 0.2) is 0 Å². The van der Waals surface area contributed by atoms with E-state index in [4.69, 9.17) is 4.74 Å². The lowest BCUT2D eigenvalue weighted by Gasteiger charge is -2.16. The highest BCUT2D eigenvalue weighted by Gasteiger charge is 2.25. The maximum atomic E-state index is 12.5. The first-order valence-corrected chi connectivity index (χ1v) is 7.06. The Morgan fingerprint density at radius 3 is 3.19 bits per heavy atom. The number of carbonyl (C=O) groups is 1. The highest BCUT2D eigenvalue weighted by atomic mass is 16.5. The standard InChI is InChI=1S/C15H18N4O2/c1-2-19-10-11(9-17-19)18-15(20)14-12-5-3-4-6-13(12)21-8-7-16-14/h3-6,9-10,14,16H,2,7-8H2,1H3,(H,18,20). The molecule has 1 aromatic heterocycles. The third-order valence-corrected chi connectivity index (χ3v) is 3.43. The fraction of sp³-hybridized carbons (Fsp3) is 0.333. The van der Waals surface area contributed by atoms with Gasteiger partial charge >= 0.3 is 0 Å². The van der Waals surface area contributed by atoms with Crippen molar-refractivity contribution in [2.45, 2.75) is 19.5 Å². The molecule has 2 heterocycles. The summed E-state index contributed by atoms with van der Waals surface area (Å²) in [4.78, 5) is 12.5. The van der Waals surface area contributed by atoms with Crippen LogP contribution in [0.5, 0.6) is 5.75 Å². The third kappa shape index (κ3) is 2.90. The van der Waals surface area contributed by atoms with Gasteiger partial charge in [-0.1, -0.05) is 18.2 Å². The zero-order valence-electron chi connectivity index (χ0n) is 11.9. The number of hydrogen-bond acceptors (Lipinski definition) is 4. The summed E-state index contributed by atoms with van der Waals surface area (Å²) in [7, 11) is 0. The van der Waals surface area contributed by atoms with Crippen LogP contribution in [0.15, 0.2) is 36.7 Å². The Kier molecular flexibility index (Phi) is 3.87. The average Bonchev–Trinajstić information content (AvgIpc) is 2.84. The van der Waals surface area contributed by atoms with Crippen molar-refractivity contribution >= 4 is 11.6 Å². The summed E-state index contributed by atoms with van der Waals surface area (Å²) in [6.07, 6.45) is 3.47. The zero-order valence-corrected chi connectivity index (χ0v) is 11.9.